The molecule has 1 N–H and O–H groups in total. The Morgan fingerprint density at radius 1 is 1.38 bits per heavy atom. The van der Waals surface area contributed by atoms with Gasteiger partial charge in [-0.15, -0.1) is 0 Å². The molecule has 2 saturated carbocycles. The molecule has 2 atom stereocenters. The van der Waals surface area contributed by atoms with Crippen molar-refractivity contribution in [3.8, 4) is 0 Å². The van der Waals surface area contributed by atoms with Gasteiger partial charge in [0, 0.05) is 12.3 Å². The zero-order valence-electron chi connectivity index (χ0n) is 9.36. The van der Waals surface area contributed by atoms with Gasteiger partial charge in [0.2, 0.25) is 0 Å². The van der Waals surface area contributed by atoms with Crippen molar-refractivity contribution in [3.05, 3.63) is 0 Å². The van der Waals surface area contributed by atoms with Crippen LogP contribution in [0.15, 0.2) is 0 Å². The molecular weight excluding hydrogens is 208 g/mol. The molecular formula is C12H16O4. The van der Waals surface area contributed by atoms with Gasteiger partial charge in [-0.3, -0.25) is 14.4 Å². The molecule has 0 aromatic rings. The smallest absolute Gasteiger partial charge is 0.309 e. The third-order valence-corrected chi connectivity index (χ3v) is 3.81. The van der Waals surface area contributed by atoms with Crippen LogP contribution in [-0.4, -0.2) is 22.6 Å². The summed E-state index contributed by atoms with van der Waals surface area (Å²) >= 11 is 0. The quantitative estimate of drug-likeness (QED) is 0.736. The molecule has 0 amide bonds. The van der Waals surface area contributed by atoms with E-state index >= 15 is 0 Å². The number of hydrogen-bond acceptors (Lipinski definition) is 3. The van der Waals surface area contributed by atoms with Crippen LogP contribution in [0, 0.1) is 17.3 Å². The van der Waals surface area contributed by atoms with E-state index in [1.807, 2.05) is 0 Å². The Bertz CT molecular complexity index is 356. The Balaban J connectivity index is 2.14. The summed E-state index contributed by atoms with van der Waals surface area (Å²) in [6.45, 7) is 1.63. The van der Waals surface area contributed by atoms with Crippen LogP contribution in [0.5, 0.6) is 0 Å². The van der Waals surface area contributed by atoms with Crippen LogP contribution in [0.4, 0.5) is 0 Å². The number of carbonyl (C=O) groups excluding carboxylic acids is 2. The molecule has 0 saturated heterocycles. The number of carboxylic acids is 1. The van der Waals surface area contributed by atoms with E-state index in [-0.39, 0.29) is 30.3 Å². The van der Waals surface area contributed by atoms with E-state index in [1.54, 1.807) is 6.92 Å². The van der Waals surface area contributed by atoms with Gasteiger partial charge < -0.3 is 5.11 Å². The first-order valence-corrected chi connectivity index (χ1v) is 5.74. The minimum atomic E-state index is -0.900. The predicted octanol–water partition coefficient (Wildman–Crippen LogP) is 1.43. The summed E-state index contributed by atoms with van der Waals surface area (Å²) in [6.07, 6.45) is 2.51. The zero-order chi connectivity index (χ0) is 11.9. The fourth-order valence-electron chi connectivity index (χ4n) is 2.35. The molecule has 0 radical (unpaired) electrons. The van der Waals surface area contributed by atoms with Gasteiger partial charge in [-0.05, 0) is 32.6 Å². The van der Waals surface area contributed by atoms with E-state index in [1.165, 1.54) is 0 Å². The van der Waals surface area contributed by atoms with Crippen LogP contribution in [0.2, 0.25) is 0 Å². The molecule has 0 aliphatic heterocycles. The largest absolute Gasteiger partial charge is 0.481 e. The average Bonchev–Trinajstić information content (AvgIpc) is 3.04. The van der Waals surface area contributed by atoms with Crippen LogP contribution in [0.3, 0.4) is 0 Å². The van der Waals surface area contributed by atoms with Gasteiger partial charge >= 0.3 is 5.97 Å². The van der Waals surface area contributed by atoms with E-state index < -0.39 is 17.3 Å². The average molecular weight is 224 g/mol. The Kier molecular flexibility index (Phi) is 2.60. The lowest BCUT2D eigenvalue weighted by Gasteiger charge is -2.33. The number of ketones is 2. The lowest BCUT2D eigenvalue weighted by Crippen LogP contribution is -2.41. The highest BCUT2D eigenvalue weighted by molar-refractivity contribution is 6.05. The third-order valence-electron chi connectivity index (χ3n) is 3.81. The molecule has 2 fully saturated rings. The highest BCUT2D eigenvalue weighted by Crippen LogP contribution is 2.42. The van der Waals surface area contributed by atoms with Gasteiger partial charge in [0.25, 0.3) is 0 Å². The Hall–Kier alpha value is -1.19. The van der Waals surface area contributed by atoms with Crippen LogP contribution < -0.4 is 0 Å². The van der Waals surface area contributed by atoms with Gasteiger partial charge in [-0.1, -0.05) is 0 Å². The molecule has 0 aromatic heterocycles. The zero-order valence-corrected chi connectivity index (χ0v) is 9.36. The minimum Gasteiger partial charge on any atom is -0.481 e. The van der Waals surface area contributed by atoms with Crippen molar-refractivity contribution in [3.63, 3.8) is 0 Å². The lowest BCUT2D eigenvalue weighted by molar-refractivity contribution is -0.153. The second-order valence-corrected chi connectivity index (χ2v) is 5.27. The van der Waals surface area contributed by atoms with Gasteiger partial charge in [0.1, 0.15) is 11.6 Å². The maximum absolute atomic E-state index is 11.9. The minimum absolute atomic E-state index is 0.0165. The number of carbonyl (C=O) groups is 3. The summed E-state index contributed by atoms with van der Waals surface area (Å²) in [4.78, 5) is 34.6. The van der Waals surface area contributed by atoms with Crippen molar-refractivity contribution in [2.75, 3.05) is 0 Å². The molecule has 4 nitrogen and oxygen atoms in total. The molecule has 0 bridgehead atoms. The molecule has 0 aromatic carbocycles. The highest BCUT2D eigenvalue weighted by atomic mass is 16.4. The van der Waals surface area contributed by atoms with E-state index in [0.717, 1.165) is 12.8 Å². The topological polar surface area (TPSA) is 71.4 Å². The van der Waals surface area contributed by atoms with Crippen molar-refractivity contribution in [2.24, 2.45) is 17.3 Å². The molecule has 2 aliphatic carbocycles. The normalized spacial score (nSPS) is 34.8. The van der Waals surface area contributed by atoms with E-state index in [4.69, 9.17) is 5.11 Å². The Morgan fingerprint density at radius 2 is 2.00 bits per heavy atom. The third kappa shape index (κ3) is 1.88. The summed E-state index contributed by atoms with van der Waals surface area (Å²) in [6, 6.07) is 0. The van der Waals surface area contributed by atoms with Crippen LogP contribution in [0.1, 0.15) is 39.0 Å². The maximum atomic E-state index is 11.9. The van der Waals surface area contributed by atoms with Gasteiger partial charge in [-0.2, -0.15) is 0 Å². The summed E-state index contributed by atoms with van der Waals surface area (Å²) in [5.74, 6) is -1.59. The summed E-state index contributed by atoms with van der Waals surface area (Å²) in [5, 5.41) is 9.11. The molecule has 2 rings (SSSR count). The van der Waals surface area contributed by atoms with Crippen LogP contribution in [0.25, 0.3) is 0 Å². The summed E-state index contributed by atoms with van der Waals surface area (Å²) in [5.41, 5.74) is -0.900. The van der Waals surface area contributed by atoms with Crippen molar-refractivity contribution >= 4 is 17.5 Å². The second-order valence-electron chi connectivity index (χ2n) is 5.27. The standard InChI is InChI=1S/C12H16O4/c1-12(11(15)16)5-4-9(13)8(6-12)10(14)7-2-3-7/h7-8H,2-6H2,1H3,(H,15,16)/t8-,12-/m1/s1. The summed E-state index contributed by atoms with van der Waals surface area (Å²) < 4.78 is 0. The van der Waals surface area contributed by atoms with Gasteiger partial charge in [0.05, 0.1) is 11.3 Å². The molecule has 4 heteroatoms. The first kappa shape index (κ1) is 11.3. The monoisotopic (exact) mass is 224 g/mol. The predicted molar refractivity (Wildman–Crippen MR) is 55.8 cm³/mol. The molecule has 2 aliphatic rings. The Labute approximate surface area is 94.0 Å². The Morgan fingerprint density at radius 3 is 2.50 bits per heavy atom. The number of carboxylic acid groups (broad SMARTS) is 1. The van der Waals surface area contributed by atoms with Crippen molar-refractivity contribution in [1.82, 2.24) is 0 Å². The number of hydrogen-bond donors (Lipinski definition) is 1. The molecule has 0 spiro atoms. The van der Waals surface area contributed by atoms with Crippen LogP contribution in [-0.2, 0) is 14.4 Å². The van der Waals surface area contributed by atoms with Crippen molar-refractivity contribution in [1.29, 1.82) is 0 Å². The SMILES string of the molecule is C[C@@]1(C(=O)O)CCC(=O)[C@H](C(=O)C2CC2)C1. The van der Waals surface area contributed by atoms with E-state index in [0.29, 0.717) is 6.42 Å². The van der Waals surface area contributed by atoms with Crippen LogP contribution >= 0.6 is 0 Å². The highest BCUT2D eigenvalue weighted by Gasteiger charge is 2.47. The van der Waals surface area contributed by atoms with E-state index in [9.17, 15) is 14.4 Å². The lowest BCUT2D eigenvalue weighted by atomic mass is 9.68. The fourth-order valence-corrected chi connectivity index (χ4v) is 2.35. The molecule has 0 heterocycles. The maximum Gasteiger partial charge on any atom is 0.309 e. The van der Waals surface area contributed by atoms with Gasteiger partial charge in [-0.25, -0.2) is 0 Å². The second kappa shape index (κ2) is 3.68. The van der Waals surface area contributed by atoms with E-state index in [2.05, 4.69) is 0 Å². The first-order chi connectivity index (χ1) is 7.44. The summed E-state index contributed by atoms with van der Waals surface area (Å²) in [7, 11) is 0. The number of Topliss-reactive ketones (excluding diaryl/α,β-unsaturated/α-hetero) is 2. The van der Waals surface area contributed by atoms with Crippen molar-refractivity contribution < 1.29 is 19.5 Å². The van der Waals surface area contributed by atoms with Gasteiger partial charge in [0.15, 0.2) is 0 Å². The molecule has 88 valence electrons. The molecule has 16 heavy (non-hydrogen) atoms. The first-order valence-electron chi connectivity index (χ1n) is 5.74. The van der Waals surface area contributed by atoms with Crippen molar-refractivity contribution in [2.45, 2.75) is 39.0 Å². The number of aliphatic carboxylic acids is 1. The number of rotatable bonds is 3. The fraction of sp³-hybridized carbons (Fsp3) is 0.750. The molecule has 0 unspecified atom stereocenters.